The molecule has 7 heteroatoms. The van der Waals surface area contributed by atoms with Gasteiger partial charge in [-0.15, -0.1) is 0 Å². The number of hydrogen-bond acceptors (Lipinski definition) is 5. The topological polar surface area (TPSA) is 66.5 Å². The molecule has 1 aromatic heterocycles. The molecule has 19 heavy (non-hydrogen) atoms. The molecule has 4 nitrogen and oxygen atoms in total. The normalized spacial score (nSPS) is 10.8. The Labute approximate surface area is 114 Å². The van der Waals surface area contributed by atoms with Crippen LogP contribution in [0.15, 0.2) is 27.8 Å². The van der Waals surface area contributed by atoms with E-state index in [0.29, 0.717) is 16.5 Å². The van der Waals surface area contributed by atoms with Gasteiger partial charge in [0.1, 0.15) is 11.6 Å². The van der Waals surface area contributed by atoms with Crippen LogP contribution in [0, 0.1) is 19.7 Å². The first-order valence-electron chi connectivity index (χ1n) is 5.68. The van der Waals surface area contributed by atoms with Crippen molar-refractivity contribution >= 4 is 24.3 Å². The van der Waals surface area contributed by atoms with Crippen molar-refractivity contribution in [3.8, 4) is 0 Å². The fraction of sp³-hybridized carbons (Fsp3) is 0.250. The third-order valence-corrected chi connectivity index (χ3v) is 3.61. The smallest absolute Gasteiger partial charge is 0.437 e. The van der Waals surface area contributed by atoms with Gasteiger partial charge in [0.15, 0.2) is 0 Å². The van der Waals surface area contributed by atoms with Crippen LogP contribution in [0.5, 0.6) is 0 Å². The predicted octanol–water partition coefficient (Wildman–Crippen LogP) is 1.40. The molecule has 0 saturated carbocycles. The lowest BCUT2D eigenvalue weighted by molar-refractivity contribution is 0.425. The Kier molecular flexibility index (Phi) is 4.29. The number of hydrogen-bond donors (Lipinski definition) is 2. The highest BCUT2D eigenvalue weighted by atomic mass is 32.2. The molecule has 0 saturated heterocycles. The molecular formula is C12H13BFNO3S. The summed E-state index contributed by atoms with van der Waals surface area (Å²) in [6.07, 6.45) is 0. The third kappa shape index (κ3) is 3.37. The molecule has 0 fully saturated rings. The summed E-state index contributed by atoms with van der Waals surface area (Å²) >= 11 is 1.29. The zero-order valence-corrected chi connectivity index (χ0v) is 11.4. The van der Waals surface area contributed by atoms with Crippen molar-refractivity contribution in [2.24, 2.45) is 0 Å². The maximum Gasteiger partial charge on any atom is 0.488 e. The second-order valence-corrected chi connectivity index (χ2v) is 5.06. The fourth-order valence-electron chi connectivity index (χ4n) is 1.49. The number of aromatic nitrogens is 1. The predicted molar refractivity (Wildman–Crippen MR) is 71.8 cm³/mol. The average molecular weight is 281 g/mol. The van der Waals surface area contributed by atoms with Gasteiger partial charge in [-0.2, -0.15) is 0 Å². The highest BCUT2D eigenvalue weighted by Gasteiger charge is 2.14. The van der Waals surface area contributed by atoms with Gasteiger partial charge in [0, 0.05) is 5.75 Å². The molecule has 1 heterocycles. The van der Waals surface area contributed by atoms with Crippen LogP contribution in [-0.4, -0.2) is 22.2 Å². The van der Waals surface area contributed by atoms with E-state index in [4.69, 9.17) is 14.5 Å². The minimum atomic E-state index is -1.66. The summed E-state index contributed by atoms with van der Waals surface area (Å²) < 4.78 is 19.1. The van der Waals surface area contributed by atoms with Crippen LogP contribution in [0.4, 0.5) is 4.39 Å². The molecule has 2 N–H and O–H groups in total. The number of nitrogens with zero attached hydrogens (tertiary/aromatic N) is 1. The average Bonchev–Trinajstić information content (AvgIpc) is 2.67. The zero-order valence-electron chi connectivity index (χ0n) is 10.6. The minimum absolute atomic E-state index is 0.133. The molecule has 0 aliphatic carbocycles. The van der Waals surface area contributed by atoms with E-state index in [0.717, 1.165) is 17.5 Å². The van der Waals surface area contributed by atoms with Gasteiger partial charge in [0.2, 0.25) is 0 Å². The van der Waals surface area contributed by atoms with Crippen molar-refractivity contribution in [3.63, 3.8) is 0 Å². The Morgan fingerprint density at radius 3 is 2.63 bits per heavy atom. The largest absolute Gasteiger partial charge is 0.488 e. The first-order valence-corrected chi connectivity index (χ1v) is 6.67. The van der Waals surface area contributed by atoms with Gasteiger partial charge in [0.05, 0.1) is 5.69 Å². The maximum atomic E-state index is 13.7. The molecule has 0 bridgehead atoms. The van der Waals surface area contributed by atoms with Crippen LogP contribution in [0.3, 0.4) is 0 Å². The maximum absolute atomic E-state index is 13.7. The van der Waals surface area contributed by atoms with Gasteiger partial charge in [-0.3, -0.25) is 0 Å². The Morgan fingerprint density at radius 2 is 2.11 bits per heavy atom. The molecular weight excluding hydrogens is 268 g/mol. The third-order valence-electron chi connectivity index (χ3n) is 2.74. The number of oxazole rings is 1. The van der Waals surface area contributed by atoms with Crippen LogP contribution in [0.2, 0.25) is 0 Å². The van der Waals surface area contributed by atoms with Gasteiger partial charge in [-0.05, 0) is 30.9 Å². The van der Waals surface area contributed by atoms with Crippen LogP contribution >= 0.6 is 11.8 Å². The van der Waals surface area contributed by atoms with Gasteiger partial charge >= 0.3 is 7.12 Å². The fourth-order valence-corrected chi connectivity index (χ4v) is 2.38. The first-order chi connectivity index (χ1) is 8.97. The van der Waals surface area contributed by atoms with E-state index in [2.05, 4.69) is 4.98 Å². The Hall–Kier alpha value is -1.31. The van der Waals surface area contributed by atoms with Crippen LogP contribution < -0.4 is 5.46 Å². The second-order valence-electron chi connectivity index (χ2n) is 4.13. The van der Waals surface area contributed by atoms with Crippen LogP contribution in [-0.2, 0) is 5.75 Å². The van der Waals surface area contributed by atoms with E-state index < -0.39 is 12.9 Å². The lowest BCUT2D eigenvalue weighted by Crippen LogP contribution is -2.30. The Morgan fingerprint density at radius 1 is 1.37 bits per heavy atom. The molecule has 2 rings (SSSR count). The summed E-state index contributed by atoms with van der Waals surface area (Å²) in [4.78, 5) is 4.19. The SMILES string of the molecule is Cc1nc(SCc2ccc(B(O)O)cc2F)oc1C. The van der Waals surface area contributed by atoms with E-state index in [1.54, 1.807) is 0 Å². The first kappa shape index (κ1) is 14.1. The highest BCUT2D eigenvalue weighted by molar-refractivity contribution is 7.98. The van der Waals surface area contributed by atoms with Gasteiger partial charge < -0.3 is 14.5 Å². The number of thioether (sulfide) groups is 1. The van der Waals surface area contributed by atoms with Crippen LogP contribution in [0.25, 0.3) is 0 Å². The Bertz CT molecular complexity index is 569. The van der Waals surface area contributed by atoms with E-state index in [1.165, 1.54) is 23.9 Å². The summed E-state index contributed by atoms with van der Waals surface area (Å²) in [7, 11) is -1.66. The number of aryl methyl sites for hydroxylation is 2. The molecule has 1 aromatic carbocycles. The number of rotatable bonds is 4. The lowest BCUT2D eigenvalue weighted by Gasteiger charge is -2.04. The standard InChI is InChI=1S/C12H13BFNO3S/c1-7-8(2)18-12(15-7)19-6-9-3-4-10(13(16)17)5-11(9)14/h3-5,16-17H,6H2,1-2H3. The van der Waals surface area contributed by atoms with Gasteiger partial charge in [-0.1, -0.05) is 23.9 Å². The molecule has 0 spiro atoms. The molecule has 0 radical (unpaired) electrons. The molecule has 0 amide bonds. The van der Waals surface area contributed by atoms with E-state index in [1.807, 2.05) is 13.8 Å². The Balaban J connectivity index is 2.07. The molecule has 0 aliphatic rings. The second kappa shape index (κ2) is 5.77. The van der Waals surface area contributed by atoms with Crippen molar-refractivity contribution in [1.29, 1.82) is 0 Å². The summed E-state index contributed by atoms with van der Waals surface area (Å²) in [6, 6.07) is 4.13. The summed E-state index contributed by atoms with van der Waals surface area (Å²) in [6.45, 7) is 3.67. The van der Waals surface area contributed by atoms with Gasteiger partial charge in [-0.25, -0.2) is 9.37 Å². The monoisotopic (exact) mass is 281 g/mol. The minimum Gasteiger partial charge on any atom is -0.437 e. The summed E-state index contributed by atoms with van der Waals surface area (Å²) in [5.74, 6) is 0.646. The number of halogens is 1. The van der Waals surface area contributed by atoms with E-state index >= 15 is 0 Å². The molecule has 0 aliphatic heterocycles. The van der Waals surface area contributed by atoms with E-state index in [9.17, 15) is 4.39 Å². The van der Waals surface area contributed by atoms with Crippen LogP contribution in [0.1, 0.15) is 17.0 Å². The van der Waals surface area contributed by atoms with Crippen molar-refractivity contribution in [2.45, 2.75) is 24.8 Å². The van der Waals surface area contributed by atoms with Crippen molar-refractivity contribution in [1.82, 2.24) is 4.98 Å². The van der Waals surface area contributed by atoms with E-state index in [-0.39, 0.29) is 5.46 Å². The van der Waals surface area contributed by atoms with Crippen molar-refractivity contribution in [3.05, 3.63) is 41.0 Å². The van der Waals surface area contributed by atoms with Crippen molar-refractivity contribution in [2.75, 3.05) is 0 Å². The highest BCUT2D eigenvalue weighted by Crippen LogP contribution is 2.24. The molecule has 0 atom stereocenters. The molecule has 0 unspecified atom stereocenters. The summed E-state index contributed by atoms with van der Waals surface area (Å²) in [5, 5.41) is 18.4. The molecule has 100 valence electrons. The lowest BCUT2D eigenvalue weighted by atomic mass is 9.80. The van der Waals surface area contributed by atoms with Gasteiger partial charge in [0.25, 0.3) is 5.22 Å². The number of benzene rings is 1. The molecule has 2 aromatic rings. The van der Waals surface area contributed by atoms with Crippen molar-refractivity contribution < 1.29 is 18.9 Å². The summed E-state index contributed by atoms with van der Waals surface area (Å²) in [5.41, 5.74) is 1.42. The zero-order chi connectivity index (χ0) is 14.0. The quantitative estimate of drug-likeness (QED) is 0.655.